The lowest BCUT2D eigenvalue weighted by atomic mass is 10.2. The lowest BCUT2D eigenvalue weighted by Gasteiger charge is -2.03. The van der Waals surface area contributed by atoms with E-state index in [1.54, 1.807) is 31.4 Å². The number of benzene rings is 2. The van der Waals surface area contributed by atoms with Crippen LogP contribution in [0.5, 0.6) is 5.75 Å². The van der Waals surface area contributed by atoms with E-state index in [1.807, 2.05) is 0 Å². The Morgan fingerprint density at radius 2 is 2.00 bits per heavy atom. The van der Waals surface area contributed by atoms with E-state index in [9.17, 15) is 9.18 Å². The topological polar surface area (TPSA) is 74.5 Å². The molecule has 8 heteroatoms. The number of halogens is 2. The minimum Gasteiger partial charge on any atom is -0.497 e. The maximum absolute atomic E-state index is 13.0. The van der Waals surface area contributed by atoms with Crippen LogP contribution in [0.3, 0.4) is 0 Å². The summed E-state index contributed by atoms with van der Waals surface area (Å²) in [6.45, 7) is -0.226. The first-order valence-corrected chi connectivity index (χ1v) is 7.54. The Kier molecular flexibility index (Phi) is 4.95. The molecule has 3 rings (SSSR count). The summed E-state index contributed by atoms with van der Waals surface area (Å²) in [7, 11) is 1.57. The molecule has 0 aliphatic rings. The largest absolute Gasteiger partial charge is 0.497 e. The van der Waals surface area contributed by atoms with Gasteiger partial charge in [0.2, 0.25) is 5.82 Å². The summed E-state index contributed by atoms with van der Waals surface area (Å²) in [6.07, 6.45) is 0. The molecule has 0 amide bonds. The molecular weight excluding hydrogens is 351 g/mol. The van der Waals surface area contributed by atoms with E-state index in [4.69, 9.17) is 25.6 Å². The van der Waals surface area contributed by atoms with Gasteiger partial charge in [0.1, 0.15) is 11.6 Å². The molecule has 0 N–H and O–H groups in total. The summed E-state index contributed by atoms with van der Waals surface area (Å²) >= 11 is 5.81. The normalized spacial score (nSPS) is 10.5. The molecule has 0 saturated heterocycles. The van der Waals surface area contributed by atoms with Crippen LogP contribution in [0.15, 0.2) is 47.0 Å². The van der Waals surface area contributed by atoms with E-state index in [1.165, 1.54) is 6.07 Å². The molecule has 0 atom stereocenters. The zero-order valence-electron chi connectivity index (χ0n) is 13.0. The number of ether oxygens (including phenoxy) is 2. The van der Waals surface area contributed by atoms with Crippen LogP contribution in [0, 0.1) is 5.82 Å². The molecule has 0 aliphatic carbocycles. The molecule has 0 fully saturated rings. The van der Waals surface area contributed by atoms with E-state index in [0.29, 0.717) is 11.6 Å². The van der Waals surface area contributed by atoms with E-state index in [2.05, 4.69) is 10.1 Å². The van der Waals surface area contributed by atoms with Gasteiger partial charge in [-0.3, -0.25) is 0 Å². The number of aromatic nitrogens is 2. The van der Waals surface area contributed by atoms with Crippen molar-refractivity contribution in [1.82, 2.24) is 10.1 Å². The van der Waals surface area contributed by atoms with Gasteiger partial charge in [0.15, 0.2) is 6.61 Å². The van der Waals surface area contributed by atoms with Crippen molar-refractivity contribution in [3.63, 3.8) is 0 Å². The van der Waals surface area contributed by atoms with E-state index < -0.39 is 11.8 Å². The molecule has 0 aliphatic heterocycles. The molecule has 0 unspecified atom stereocenters. The Hall–Kier alpha value is -2.93. The summed E-state index contributed by atoms with van der Waals surface area (Å²) in [5, 5.41) is 3.79. The van der Waals surface area contributed by atoms with Gasteiger partial charge in [-0.25, -0.2) is 9.18 Å². The van der Waals surface area contributed by atoms with Crippen molar-refractivity contribution in [2.24, 2.45) is 0 Å². The van der Waals surface area contributed by atoms with Gasteiger partial charge in [-0.05, 0) is 42.5 Å². The first-order valence-electron chi connectivity index (χ1n) is 7.16. The van der Waals surface area contributed by atoms with Crippen LogP contribution in [-0.2, 0) is 11.3 Å². The number of carbonyl (C=O) groups excluding carboxylic acids is 1. The lowest BCUT2D eigenvalue weighted by molar-refractivity contribution is 0.0430. The molecule has 6 nitrogen and oxygen atoms in total. The second-order valence-corrected chi connectivity index (χ2v) is 5.35. The van der Waals surface area contributed by atoms with E-state index in [-0.39, 0.29) is 23.1 Å². The molecule has 1 heterocycles. The lowest BCUT2D eigenvalue weighted by Crippen LogP contribution is -2.06. The fraction of sp³-hybridized carbons (Fsp3) is 0.118. The third-order valence-electron chi connectivity index (χ3n) is 3.29. The van der Waals surface area contributed by atoms with Gasteiger partial charge in [0, 0.05) is 5.56 Å². The Labute approximate surface area is 147 Å². The summed E-state index contributed by atoms with van der Waals surface area (Å²) in [5.41, 5.74) is 0.779. The van der Waals surface area contributed by atoms with Crippen molar-refractivity contribution in [2.45, 2.75) is 6.61 Å². The van der Waals surface area contributed by atoms with E-state index in [0.717, 1.165) is 17.7 Å². The molecule has 25 heavy (non-hydrogen) atoms. The molecule has 0 radical (unpaired) electrons. The standard InChI is InChI=1S/C17H12ClFN2O4/c1-23-12-5-2-10(3-6-12)16-20-15(25-21-16)9-24-17(22)13-7-4-11(19)8-14(13)18/h2-8H,9H2,1H3. The molecule has 128 valence electrons. The maximum Gasteiger partial charge on any atom is 0.340 e. The number of hydrogen-bond acceptors (Lipinski definition) is 6. The van der Waals surface area contributed by atoms with E-state index >= 15 is 0 Å². The molecule has 0 saturated carbocycles. The smallest absolute Gasteiger partial charge is 0.340 e. The molecule has 2 aromatic carbocycles. The number of hydrogen-bond donors (Lipinski definition) is 0. The molecule has 0 spiro atoms. The van der Waals surface area contributed by atoms with Crippen molar-refractivity contribution in [1.29, 1.82) is 0 Å². The highest BCUT2D eigenvalue weighted by atomic mass is 35.5. The van der Waals surface area contributed by atoms with Gasteiger partial charge < -0.3 is 14.0 Å². The zero-order chi connectivity index (χ0) is 17.8. The van der Waals surface area contributed by atoms with Gasteiger partial charge in [-0.1, -0.05) is 16.8 Å². The van der Waals surface area contributed by atoms with Crippen LogP contribution in [0.4, 0.5) is 4.39 Å². The van der Waals surface area contributed by atoms with Crippen LogP contribution in [0.25, 0.3) is 11.4 Å². The third-order valence-corrected chi connectivity index (χ3v) is 3.61. The fourth-order valence-corrected chi connectivity index (χ4v) is 2.28. The van der Waals surface area contributed by atoms with Crippen molar-refractivity contribution >= 4 is 17.6 Å². The summed E-state index contributed by atoms with van der Waals surface area (Å²) in [5.74, 6) is -0.0692. The predicted molar refractivity (Wildman–Crippen MR) is 86.8 cm³/mol. The number of methoxy groups -OCH3 is 1. The average molecular weight is 363 g/mol. The van der Waals surface area contributed by atoms with Gasteiger partial charge in [0.05, 0.1) is 17.7 Å². The summed E-state index contributed by atoms with van der Waals surface area (Å²) in [6, 6.07) is 10.5. The predicted octanol–water partition coefficient (Wildman–Crippen LogP) is 3.89. The first-order chi connectivity index (χ1) is 12.1. The van der Waals surface area contributed by atoms with Crippen LogP contribution in [0.2, 0.25) is 5.02 Å². The highest BCUT2D eigenvalue weighted by molar-refractivity contribution is 6.33. The summed E-state index contributed by atoms with van der Waals surface area (Å²) < 4.78 is 28.2. The minimum atomic E-state index is -0.714. The number of carbonyl (C=O) groups is 1. The van der Waals surface area contributed by atoms with Crippen LogP contribution in [0.1, 0.15) is 16.2 Å². The Balaban J connectivity index is 1.66. The van der Waals surface area contributed by atoms with Gasteiger partial charge in [0.25, 0.3) is 5.89 Å². The van der Waals surface area contributed by atoms with Crippen molar-refractivity contribution in [3.8, 4) is 17.1 Å². The van der Waals surface area contributed by atoms with Crippen molar-refractivity contribution in [3.05, 3.63) is 64.8 Å². The minimum absolute atomic E-state index is 0.0329. The molecule has 0 bridgehead atoms. The second kappa shape index (κ2) is 7.31. The third kappa shape index (κ3) is 3.95. The number of rotatable bonds is 5. The molecule has 1 aromatic heterocycles. The summed E-state index contributed by atoms with van der Waals surface area (Å²) in [4.78, 5) is 16.1. The highest BCUT2D eigenvalue weighted by Crippen LogP contribution is 2.21. The monoisotopic (exact) mass is 362 g/mol. The first kappa shape index (κ1) is 16.9. The molecule has 3 aromatic rings. The average Bonchev–Trinajstić information content (AvgIpc) is 3.09. The quantitative estimate of drug-likeness (QED) is 0.641. The molecular formula is C17H12ClFN2O4. The van der Waals surface area contributed by atoms with Gasteiger partial charge >= 0.3 is 5.97 Å². The van der Waals surface area contributed by atoms with Crippen LogP contribution < -0.4 is 4.74 Å². The highest BCUT2D eigenvalue weighted by Gasteiger charge is 2.15. The second-order valence-electron chi connectivity index (χ2n) is 4.94. The van der Waals surface area contributed by atoms with Crippen LogP contribution in [-0.4, -0.2) is 23.2 Å². The van der Waals surface area contributed by atoms with Crippen molar-refractivity contribution < 1.29 is 23.2 Å². The fourth-order valence-electron chi connectivity index (χ4n) is 2.03. The number of esters is 1. The van der Waals surface area contributed by atoms with Gasteiger partial charge in [-0.15, -0.1) is 0 Å². The maximum atomic E-state index is 13.0. The Morgan fingerprint density at radius 3 is 2.68 bits per heavy atom. The Bertz CT molecular complexity index is 896. The SMILES string of the molecule is COc1ccc(-c2noc(COC(=O)c3ccc(F)cc3Cl)n2)cc1. The van der Waals surface area contributed by atoms with Crippen molar-refractivity contribution in [2.75, 3.05) is 7.11 Å². The number of nitrogens with zero attached hydrogens (tertiary/aromatic N) is 2. The zero-order valence-corrected chi connectivity index (χ0v) is 13.8. The van der Waals surface area contributed by atoms with Gasteiger partial charge in [-0.2, -0.15) is 4.98 Å². The van der Waals surface area contributed by atoms with Crippen LogP contribution >= 0.6 is 11.6 Å². The Morgan fingerprint density at radius 1 is 1.24 bits per heavy atom.